The van der Waals surface area contributed by atoms with E-state index in [1.165, 1.54) is 6.07 Å². The third-order valence-electron chi connectivity index (χ3n) is 3.62. The lowest BCUT2D eigenvalue weighted by molar-refractivity contribution is 0.0695. The fourth-order valence-electron chi connectivity index (χ4n) is 2.53. The largest absolute Gasteiger partial charge is 0.337 e. The van der Waals surface area contributed by atoms with Crippen LogP contribution in [0, 0.1) is 12.7 Å². The predicted octanol–water partition coefficient (Wildman–Crippen LogP) is 2.35. The molecule has 1 aliphatic heterocycles. The molecule has 1 fully saturated rings. The molecule has 1 amide bonds. The van der Waals surface area contributed by atoms with Gasteiger partial charge in [0.05, 0.1) is 0 Å². The zero-order valence-electron chi connectivity index (χ0n) is 11.6. The van der Waals surface area contributed by atoms with Crippen LogP contribution in [0.4, 0.5) is 4.39 Å². The van der Waals surface area contributed by atoms with Gasteiger partial charge in [-0.1, -0.05) is 13.0 Å². The van der Waals surface area contributed by atoms with Gasteiger partial charge in [0, 0.05) is 24.7 Å². The summed E-state index contributed by atoms with van der Waals surface area (Å²) < 4.78 is 13.5. The molecule has 1 aromatic rings. The summed E-state index contributed by atoms with van der Waals surface area (Å²) in [7, 11) is 0. The Morgan fingerprint density at radius 3 is 3.00 bits per heavy atom. The summed E-state index contributed by atoms with van der Waals surface area (Å²) in [5.41, 5.74) is 1.01. The van der Waals surface area contributed by atoms with Crippen molar-refractivity contribution in [2.45, 2.75) is 32.7 Å². The van der Waals surface area contributed by atoms with Crippen LogP contribution >= 0.6 is 0 Å². The first-order chi connectivity index (χ1) is 9.11. The van der Waals surface area contributed by atoms with Crippen LogP contribution < -0.4 is 5.32 Å². The Hall–Kier alpha value is -1.42. The standard InChI is InChI=1S/C15H21FN2O/c1-3-17-13-5-4-8-18(10-13)15(19)12-7-6-11(2)14(16)9-12/h6-7,9,13,17H,3-5,8,10H2,1-2H3. The van der Waals surface area contributed by atoms with Crippen LogP contribution in [0.1, 0.15) is 35.7 Å². The van der Waals surface area contributed by atoms with Crippen molar-refractivity contribution < 1.29 is 9.18 Å². The van der Waals surface area contributed by atoms with Crippen molar-refractivity contribution in [2.75, 3.05) is 19.6 Å². The molecule has 1 aromatic carbocycles. The Morgan fingerprint density at radius 2 is 2.32 bits per heavy atom. The van der Waals surface area contributed by atoms with Gasteiger partial charge in [0.25, 0.3) is 5.91 Å². The van der Waals surface area contributed by atoms with Gasteiger partial charge in [-0.05, 0) is 44.0 Å². The van der Waals surface area contributed by atoms with Crippen molar-refractivity contribution in [2.24, 2.45) is 0 Å². The Bertz CT molecular complexity index is 459. The molecule has 3 nitrogen and oxygen atoms in total. The van der Waals surface area contributed by atoms with Gasteiger partial charge in [-0.25, -0.2) is 4.39 Å². The number of likely N-dealkylation sites (N-methyl/N-ethyl adjacent to an activating group) is 1. The fraction of sp³-hybridized carbons (Fsp3) is 0.533. The van der Waals surface area contributed by atoms with Gasteiger partial charge in [-0.15, -0.1) is 0 Å². The van der Waals surface area contributed by atoms with Crippen LogP contribution in [0.25, 0.3) is 0 Å². The molecule has 0 radical (unpaired) electrons. The molecule has 2 rings (SSSR count). The van der Waals surface area contributed by atoms with Crippen LogP contribution in [0.3, 0.4) is 0 Å². The minimum absolute atomic E-state index is 0.0681. The predicted molar refractivity (Wildman–Crippen MR) is 73.7 cm³/mol. The lowest BCUT2D eigenvalue weighted by Crippen LogP contribution is -2.47. The van der Waals surface area contributed by atoms with E-state index < -0.39 is 0 Å². The number of halogens is 1. The topological polar surface area (TPSA) is 32.3 Å². The van der Waals surface area contributed by atoms with Crippen molar-refractivity contribution in [3.63, 3.8) is 0 Å². The number of amides is 1. The van der Waals surface area contributed by atoms with Crippen LogP contribution in [0.15, 0.2) is 18.2 Å². The first-order valence-electron chi connectivity index (χ1n) is 6.90. The number of nitrogens with zero attached hydrogens (tertiary/aromatic N) is 1. The van der Waals surface area contributed by atoms with Crippen molar-refractivity contribution in [1.29, 1.82) is 0 Å². The number of piperidine rings is 1. The van der Waals surface area contributed by atoms with Crippen LogP contribution in [-0.2, 0) is 0 Å². The molecule has 1 unspecified atom stereocenters. The average Bonchev–Trinajstić information content (AvgIpc) is 2.42. The lowest BCUT2D eigenvalue weighted by Gasteiger charge is -2.33. The second-order valence-corrected chi connectivity index (χ2v) is 5.11. The second-order valence-electron chi connectivity index (χ2n) is 5.11. The van der Waals surface area contributed by atoms with Gasteiger partial charge in [0.1, 0.15) is 5.82 Å². The molecule has 19 heavy (non-hydrogen) atoms. The first kappa shape index (κ1) is 14.0. The maximum absolute atomic E-state index is 13.5. The Labute approximate surface area is 113 Å². The Kier molecular flexibility index (Phi) is 4.53. The molecule has 104 valence electrons. The highest BCUT2D eigenvalue weighted by Crippen LogP contribution is 2.16. The van der Waals surface area contributed by atoms with E-state index in [0.717, 1.165) is 25.9 Å². The summed E-state index contributed by atoms with van der Waals surface area (Å²) >= 11 is 0. The van der Waals surface area contributed by atoms with E-state index in [-0.39, 0.29) is 11.7 Å². The highest BCUT2D eigenvalue weighted by Gasteiger charge is 2.24. The molecule has 0 saturated carbocycles. The minimum Gasteiger partial charge on any atom is -0.337 e. The van der Waals surface area contributed by atoms with Crippen LogP contribution in [0.2, 0.25) is 0 Å². The number of rotatable bonds is 3. The SMILES string of the molecule is CCNC1CCCN(C(=O)c2ccc(C)c(F)c2)C1. The van der Waals surface area contributed by atoms with E-state index in [2.05, 4.69) is 12.2 Å². The molecule has 0 aliphatic carbocycles. The fourth-order valence-corrected chi connectivity index (χ4v) is 2.53. The number of nitrogens with one attached hydrogen (secondary N) is 1. The van der Waals surface area contributed by atoms with Crippen molar-refractivity contribution in [3.05, 3.63) is 35.1 Å². The normalized spacial score (nSPS) is 19.5. The average molecular weight is 264 g/mol. The van der Waals surface area contributed by atoms with Crippen LogP contribution in [0.5, 0.6) is 0 Å². The molecule has 1 heterocycles. The first-order valence-corrected chi connectivity index (χ1v) is 6.90. The Balaban J connectivity index is 2.08. The van der Waals surface area contributed by atoms with Gasteiger partial charge in [-0.3, -0.25) is 4.79 Å². The molecule has 1 N–H and O–H groups in total. The Morgan fingerprint density at radius 1 is 1.53 bits per heavy atom. The van der Waals surface area contributed by atoms with Gasteiger partial charge in [0.2, 0.25) is 0 Å². The summed E-state index contributed by atoms with van der Waals surface area (Å²) in [6.07, 6.45) is 2.09. The maximum atomic E-state index is 13.5. The minimum atomic E-state index is -0.314. The second kappa shape index (κ2) is 6.15. The van der Waals surface area contributed by atoms with Crippen molar-refractivity contribution >= 4 is 5.91 Å². The van der Waals surface area contributed by atoms with Gasteiger partial charge < -0.3 is 10.2 Å². The zero-order valence-corrected chi connectivity index (χ0v) is 11.6. The number of hydrogen-bond donors (Lipinski definition) is 1. The number of likely N-dealkylation sites (tertiary alicyclic amines) is 1. The smallest absolute Gasteiger partial charge is 0.254 e. The number of benzene rings is 1. The van der Waals surface area contributed by atoms with Gasteiger partial charge in [-0.2, -0.15) is 0 Å². The summed E-state index contributed by atoms with van der Waals surface area (Å²) in [5, 5.41) is 3.37. The quantitative estimate of drug-likeness (QED) is 0.909. The number of carbonyl (C=O) groups excluding carboxylic acids is 1. The molecular formula is C15H21FN2O. The van der Waals surface area contributed by atoms with E-state index in [9.17, 15) is 9.18 Å². The van der Waals surface area contributed by atoms with E-state index >= 15 is 0 Å². The van der Waals surface area contributed by atoms with Crippen molar-refractivity contribution in [1.82, 2.24) is 10.2 Å². The van der Waals surface area contributed by atoms with Crippen molar-refractivity contribution in [3.8, 4) is 0 Å². The molecule has 1 saturated heterocycles. The number of carbonyl (C=O) groups is 1. The van der Waals surface area contributed by atoms with E-state index in [1.54, 1.807) is 19.1 Å². The van der Waals surface area contributed by atoms with E-state index in [4.69, 9.17) is 0 Å². The van der Waals surface area contributed by atoms with Crippen LogP contribution in [-0.4, -0.2) is 36.5 Å². The highest BCUT2D eigenvalue weighted by atomic mass is 19.1. The third kappa shape index (κ3) is 3.32. The third-order valence-corrected chi connectivity index (χ3v) is 3.62. The number of hydrogen-bond acceptors (Lipinski definition) is 2. The molecule has 0 spiro atoms. The summed E-state index contributed by atoms with van der Waals surface area (Å²) in [6.45, 7) is 6.14. The summed E-state index contributed by atoms with van der Waals surface area (Å²) in [6, 6.07) is 5.07. The summed E-state index contributed by atoms with van der Waals surface area (Å²) in [5.74, 6) is -0.382. The van der Waals surface area contributed by atoms with Gasteiger partial charge >= 0.3 is 0 Å². The van der Waals surface area contributed by atoms with E-state index in [0.29, 0.717) is 23.7 Å². The van der Waals surface area contributed by atoms with E-state index in [1.807, 2.05) is 4.90 Å². The molecule has 1 aliphatic rings. The zero-order chi connectivity index (χ0) is 13.8. The number of aryl methyl sites for hydroxylation is 1. The molecule has 0 aromatic heterocycles. The maximum Gasteiger partial charge on any atom is 0.254 e. The highest BCUT2D eigenvalue weighted by molar-refractivity contribution is 5.94. The molecule has 0 bridgehead atoms. The molecule has 4 heteroatoms. The molecule has 1 atom stereocenters. The summed E-state index contributed by atoms with van der Waals surface area (Å²) in [4.78, 5) is 14.2. The lowest BCUT2D eigenvalue weighted by atomic mass is 10.0. The van der Waals surface area contributed by atoms with Gasteiger partial charge in [0.15, 0.2) is 0 Å². The molecular weight excluding hydrogens is 243 g/mol. The monoisotopic (exact) mass is 264 g/mol.